The summed E-state index contributed by atoms with van der Waals surface area (Å²) < 4.78 is 15.0. The Hall–Kier alpha value is -2.31. The van der Waals surface area contributed by atoms with Crippen LogP contribution >= 0.6 is 0 Å². The van der Waals surface area contributed by atoms with Crippen molar-refractivity contribution in [3.63, 3.8) is 0 Å². The summed E-state index contributed by atoms with van der Waals surface area (Å²) in [6, 6.07) is 4.24. The van der Waals surface area contributed by atoms with E-state index in [4.69, 9.17) is 9.47 Å². The zero-order valence-corrected chi connectivity index (χ0v) is 11.8. The summed E-state index contributed by atoms with van der Waals surface area (Å²) in [5.41, 5.74) is -1.04. The summed E-state index contributed by atoms with van der Waals surface area (Å²) in [4.78, 5) is 21.8. The fourth-order valence-corrected chi connectivity index (χ4v) is 1.50. The minimum absolute atomic E-state index is 0.0448. The average Bonchev–Trinajstić information content (AvgIpc) is 2.43. The van der Waals surface area contributed by atoms with Crippen LogP contribution in [0.4, 0.5) is 5.69 Å². The van der Waals surface area contributed by atoms with Crippen molar-refractivity contribution in [2.24, 2.45) is 5.41 Å². The van der Waals surface area contributed by atoms with Crippen LogP contribution in [0.25, 0.3) is 0 Å². The predicted octanol–water partition coefficient (Wildman–Crippen LogP) is 2.18. The van der Waals surface area contributed by atoms with Crippen LogP contribution in [0, 0.1) is 15.5 Å². The number of nitro benzene ring substituents is 1. The molecule has 0 bridgehead atoms. The third kappa shape index (κ3) is 3.59. The van der Waals surface area contributed by atoms with Gasteiger partial charge in [-0.15, -0.1) is 0 Å². The highest BCUT2D eigenvalue weighted by molar-refractivity contribution is 5.75. The smallest absolute Gasteiger partial charge is 0.314 e. The molecule has 1 aromatic rings. The predicted molar refractivity (Wildman–Crippen MR) is 70.9 cm³/mol. The Balaban J connectivity index is 2.87. The quantitative estimate of drug-likeness (QED) is 0.451. The summed E-state index contributed by atoms with van der Waals surface area (Å²) in [7, 11) is 2.64. The highest BCUT2D eigenvalue weighted by Gasteiger charge is 2.30. The van der Waals surface area contributed by atoms with Crippen LogP contribution in [0.3, 0.4) is 0 Å². The van der Waals surface area contributed by atoms with Gasteiger partial charge >= 0.3 is 11.7 Å². The number of carbonyl (C=O) groups is 1. The molecule has 0 heterocycles. The molecular formula is C13H17NO6. The van der Waals surface area contributed by atoms with Gasteiger partial charge in [0.15, 0.2) is 5.75 Å². The minimum Gasteiger partial charge on any atom is -0.492 e. The average molecular weight is 283 g/mol. The second-order valence-electron chi connectivity index (χ2n) is 4.75. The number of hydrogen-bond acceptors (Lipinski definition) is 6. The van der Waals surface area contributed by atoms with Gasteiger partial charge in [-0.3, -0.25) is 14.9 Å². The van der Waals surface area contributed by atoms with Crippen molar-refractivity contribution in [2.75, 3.05) is 20.8 Å². The monoisotopic (exact) mass is 283 g/mol. The number of nitrogens with zero attached hydrogens (tertiary/aromatic N) is 1. The van der Waals surface area contributed by atoms with E-state index in [1.807, 2.05) is 0 Å². The molecule has 0 aliphatic rings. The lowest BCUT2D eigenvalue weighted by molar-refractivity contribution is -0.385. The molecule has 1 aromatic carbocycles. The number of hydrogen-bond donors (Lipinski definition) is 0. The molecule has 7 heteroatoms. The molecule has 0 fully saturated rings. The summed E-state index contributed by atoms with van der Waals surface area (Å²) >= 11 is 0. The van der Waals surface area contributed by atoms with E-state index >= 15 is 0 Å². The van der Waals surface area contributed by atoms with Crippen molar-refractivity contribution in [2.45, 2.75) is 13.8 Å². The molecule has 0 aliphatic carbocycles. The third-order valence-electron chi connectivity index (χ3n) is 2.68. The maximum atomic E-state index is 11.5. The minimum atomic E-state index is -0.844. The Morgan fingerprint density at radius 1 is 1.35 bits per heavy atom. The Bertz CT molecular complexity index is 512. The van der Waals surface area contributed by atoms with Crippen LogP contribution in [0.5, 0.6) is 11.5 Å². The van der Waals surface area contributed by atoms with E-state index in [2.05, 4.69) is 4.74 Å². The normalized spacial score (nSPS) is 10.8. The molecule has 0 radical (unpaired) electrons. The molecular weight excluding hydrogens is 266 g/mol. The van der Waals surface area contributed by atoms with Gasteiger partial charge in [0.2, 0.25) is 0 Å². The van der Waals surface area contributed by atoms with Gasteiger partial charge in [-0.2, -0.15) is 0 Å². The van der Waals surface area contributed by atoms with E-state index in [0.29, 0.717) is 0 Å². The van der Waals surface area contributed by atoms with E-state index in [-0.39, 0.29) is 23.8 Å². The number of esters is 1. The van der Waals surface area contributed by atoms with Gasteiger partial charge in [0.1, 0.15) is 12.4 Å². The standard InChI is InChI=1S/C13H17NO6/c1-13(2,12(15)19-4)8-20-9-5-6-11(18-3)10(7-9)14(16)17/h5-7H,8H2,1-4H3. The first-order valence-electron chi connectivity index (χ1n) is 5.85. The molecule has 0 aromatic heterocycles. The molecule has 0 saturated heterocycles. The fourth-order valence-electron chi connectivity index (χ4n) is 1.50. The van der Waals surface area contributed by atoms with Crippen molar-refractivity contribution in [1.82, 2.24) is 0 Å². The van der Waals surface area contributed by atoms with Crippen LogP contribution < -0.4 is 9.47 Å². The summed E-state index contributed by atoms with van der Waals surface area (Å²) in [5.74, 6) is 0.0181. The second kappa shape index (κ2) is 6.23. The molecule has 110 valence electrons. The molecule has 7 nitrogen and oxygen atoms in total. The number of carbonyl (C=O) groups excluding carboxylic acids is 1. The van der Waals surface area contributed by atoms with Gasteiger partial charge in [0.05, 0.1) is 30.6 Å². The van der Waals surface area contributed by atoms with Crippen molar-refractivity contribution in [1.29, 1.82) is 0 Å². The first-order valence-corrected chi connectivity index (χ1v) is 5.85. The van der Waals surface area contributed by atoms with E-state index in [9.17, 15) is 14.9 Å². The lowest BCUT2D eigenvalue weighted by Gasteiger charge is -2.21. The first kappa shape index (κ1) is 15.7. The highest BCUT2D eigenvalue weighted by Crippen LogP contribution is 2.31. The molecule has 1 rings (SSSR count). The molecule has 20 heavy (non-hydrogen) atoms. The Morgan fingerprint density at radius 3 is 2.50 bits per heavy atom. The van der Waals surface area contributed by atoms with Crippen molar-refractivity contribution in [3.05, 3.63) is 28.3 Å². The molecule has 0 aliphatic heterocycles. The molecule has 0 atom stereocenters. The molecule has 0 spiro atoms. The molecule has 0 unspecified atom stereocenters. The van der Waals surface area contributed by atoms with E-state index in [0.717, 1.165) is 0 Å². The lowest BCUT2D eigenvalue weighted by Crippen LogP contribution is -2.32. The number of rotatable bonds is 6. The molecule has 0 N–H and O–H groups in total. The Labute approximate surface area is 116 Å². The summed E-state index contributed by atoms with van der Waals surface area (Å²) in [6.45, 7) is 3.37. The van der Waals surface area contributed by atoms with Gasteiger partial charge in [-0.05, 0) is 26.0 Å². The molecule has 0 amide bonds. The largest absolute Gasteiger partial charge is 0.492 e. The number of nitro groups is 1. The van der Waals surface area contributed by atoms with Crippen molar-refractivity contribution in [3.8, 4) is 11.5 Å². The van der Waals surface area contributed by atoms with Gasteiger partial charge in [0, 0.05) is 0 Å². The third-order valence-corrected chi connectivity index (χ3v) is 2.68. The van der Waals surface area contributed by atoms with Crippen molar-refractivity contribution >= 4 is 11.7 Å². The zero-order valence-electron chi connectivity index (χ0n) is 11.8. The number of benzene rings is 1. The zero-order chi connectivity index (χ0) is 15.3. The second-order valence-corrected chi connectivity index (χ2v) is 4.75. The van der Waals surface area contributed by atoms with Crippen LogP contribution in [-0.4, -0.2) is 31.7 Å². The van der Waals surface area contributed by atoms with Gasteiger partial charge in [0.25, 0.3) is 0 Å². The van der Waals surface area contributed by atoms with E-state index < -0.39 is 16.3 Å². The first-order chi connectivity index (χ1) is 9.31. The van der Waals surface area contributed by atoms with Crippen LogP contribution in [0.2, 0.25) is 0 Å². The summed E-state index contributed by atoms with van der Waals surface area (Å²) in [5, 5.41) is 10.9. The highest BCUT2D eigenvalue weighted by atomic mass is 16.6. The Kier molecular flexibility index (Phi) is 4.90. The maximum absolute atomic E-state index is 11.5. The van der Waals surface area contributed by atoms with Crippen LogP contribution in [0.1, 0.15) is 13.8 Å². The van der Waals surface area contributed by atoms with Crippen LogP contribution in [0.15, 0.2) is 18.2 Å². The molecule has 0 saturated carbocycles. The van der Waals surface area contributed by atoms with E-state index in [1.165, 1.54) is 26.4 Å². The topological polar surface area (TPSA) is 87.9 Å². The van der Waals surface area contributed by atoms with Gasteiger partial charge < -0.3 is 14.2 Å². The van der Waals surface area contributed by atoms with Crippen LogP contribution in [-0.2, 0) is 9.53 Å². The number of methoxy groups -OCH3 is 2. The Morgan fingerprint density at radius 2 is 2.00 bits per heavy atom. The van der Waals surface area contributed by atoms with E-state index in [1.54, 1.807) is 19.9 Å². The number of ether oxygens (including phenoxy) is 3. The van der Waals surface area contributed by atoms with Crippen molar-refractivity contribution < 1.29 is 23.9 Å². The lowest BCUT2D eigenvalue weighted by atomic mass is 9.95. The van der Waals surface area contributed by atoms with Gasteiger partial charge in [-0.25, -0.2) is 0 Å². The summed E-state index contributed by atoms with van der Waals surface area (Å²) in [6.07, 6.45) is 0. The fraction of sp³-hybridized carbons (Fsp3) is 0.462. The van der Waals surface area contributed by atoms with Gasteiger partial charge in [-0.1, -0.05) is 0 Å². The maximum Gasteiger partial charge on any atom is 0.314 e. The SMILES string of the molecule is COC(=O)C(C)(C)COc1ccc(OC)c([N+](=O)[O-])c1.